The number of benzene rings is 1. The first-order valence-corrected chi connectivity index (χ1v) is 8.63. The highest BCUT2D eigenvalue weighted by molar-refractivity contribution is 5.92. The molecule has 8 heteroatoms. The third kappa shape index (κ3) is 3.59. The molecule has 0 aliphatic carbocycles. The number of nitrogens with zero attached hydrogens (tertiary/aromatic N) is 4. The van der Waals surface area contributed by atoms with Gasteiger partial charge in [0.2, 0.25) is 0 Å². The summed E-state index contributed by atoms with van der Waals surface area (Å²) in [4.78, 5) is 36.2. The van der Waals surface area contributed by atoms with Crippen molar-refractivity contribution in [3.8, 4) is 5.75 Å². The molecule has 0 unspecified atom stereocenters. The van der Waals surface area contributed by atoms with Crippen molar-refractivity contribution in [3.63, 3.8) is 0 Å². The Balaban J connectivity index is 1.38. The number of carbonyl (C=O) groups excluding carboxylic acids is 2. The molecule has 0 spiro atoms. The summed E-state index contributed by atoms with van der Waals surface area (Å²) in [6.07, 6.45) is 2.63. The zero-order valence-electron chi connectivity index (χ0n) is 14.8. The molecular weight excluding hydrogens is 348 g/mol. The summed E-state index contributed by atoms with van der Waals surface area (Å²) < 4.78 is 10.9. The van der Waals surface area contributed by atoms with E-state index in [1.165, 1.54) is 6.20 Å². The predicted molar refractivity (Wildman–Crippen MR) is 96.5 cm³/mol. The zero-order valence-corrected chi connectivity index (χ0v) is 14.8. The van der Waals surface area contributed by atoms with Gasteiger partial charge >= 0.3 is 12.0 Å². The highest BCUT2D eigenvalue weighted by Gasteiger charge is 2.28. The average molecular weight is 366 g/mol. The van der Waals surface area contributed by atoms with Gasteiger partial charge in [-0.2, -0.15) is 0 Å². The van der Waals surface area contributed by atoms with Crippen LogP contribution in [0, 0.1) is 6.92 Å². The number of carbonyl (C=O) groups is 2. The summed E-state index contributed by atoms with van der Waals surface area (Å²) in [6, 6.07) is 8.97. The van der Waals surface area contributed by atoms with Crippen LogP contribution in [0.4, 0.5) is 4.79 Å². The molecule has 8 nitrogen and oxygen atoms in total. The fourth-order valence-corrected chi connectivity index (χ4v) is 2.92. The molecule has 138 valence electrons. The van der Waals surface area contributed by atoms with Crippen LogP contribution in [0.15, 0.2) is 47.1 Å². The largest absolute Gasteiger partial charge is 0.432 e. The Bertz CT molecular complexity index is 978. The van der Waals surface area contributed by atoms with E-state index >= 15 is 0 Å². The normalized spacial score (nSPS) is 14.4. The van der Waals surface area contributed by atoms with E-state index < -0.39 is 6.09 Å². The van der Waals surface area contributed by atoms with Gasteiger partial charge in [-0.05, 0) is 36.8 Å². The van der Waals surface area contributed by atoms with Crippen molar-refractivity contribution in [2.75, 3.05) is 26.2 Å². The Hall–Kier alpha value is -3.42. The third-order valence-electron chi connectivity index (χ3n) is 4.39. The van der Waals surface area contributed by atoms with E-state index in [0.717, 1.165) is 5.56 Å². The Morgan fingerprint density at radius 3 is 2.63 bits per heavy atom. The summed E-state index contributed by atoms with van der Waals surface area (Å²) in [5, 5.41) is 0. The van der Waals surface area contributed by atoms with Crippen molar-refractivity contribution in [2.24, 2.45) is 0 Å². The maximum atomic E-state index is 12.6. The maximum absolute atomic E-state index is 12.6. The second-order valence-corrected chi connectivity index (χ2v) is 6.33. The van der Waals surface area contributed by atoms with Crippen molar-refractivity contribution in [3.05, 3.63) is 54.2 Å². The van der Waals surface area contributed by atoms with Gasteiger partial charge in [0.15, 0.2) is 11.3 Å². The Kier molecular flexibility index (Phi) is 4.45. The number of fused-ring (bicyclic) bond motifs is 1. The molecule has 0 bridgehead atoms. The first kappa shape index (κ1) is 17.0. The lowest BCUT2D eigenvalue weighted by Gasteiger charge is -2.33. The van der Waals surface area contributed by atoms with E-state index in [2.05, 4.69) is 9.97 Å². The van der Waals surface area contributed by atoms with Crippen LogP contribution in [0.25, 0.3) is 11.1 Å². The quantitative estimate of drug-likeness (QED) is 0.692. The van der Waals surface area contributed by atoms with E-state index in [9.17, 15) is 9.59 Å². The molecule has 1 aromatic carbocycles. The first-order valence-electron chi connectivity index (χ1n) is 8.63. The number of ether oxygens (including phenoxy) is 1. The SMILES string of the molecule is Cc1ccc2nc(C(=O)N3CCN(C(=O)Oc4cccnc4)CC3)oc2c1. The van der Waals surface area contributed by atoms with E-state index in [0.29, 0.717) is 43.0 Å². The number of pyridine rings is 1. The number of rotatable bonds is 2. The van der Waals surface area contributed by atoms with Gasteiger partial charge in [-0.1, -0.05) is 6.07 Å². The Labute approximate surface area is 155 Å². The van der Waals surface area contributed by atoms with E-state index in [-0.39, 0.29) is 11.8 Å². The molecule has 0 atom stereocenters. The number of aromatic nitrogens is 2. The molecule has 0 saturated carbocycles. The van der Waals surface area contributed by atoms with Crippen LogP contribution in [-0.2, 0) is 0 Å². The van der Waals surface area contributed by atoms with Crippen molar-refractivity contribution in [1.82, 2.24) is 19.8 Å². The van der Waals surface area contributed by atoms with Gasteiger partial charge < -0.3 is 19.0 Å². The molecule has 1 saturated heterocycles. The molecule has 27 heavy (non-hydrogen) atoms. The number of hydrogen-bond donors (Lipinski definition) is 0. The van der Waals surface area contributed by atoms with Gasteiger partial charge in [-0.3, -0.25) is 9.78 Å². The molecule has 0 radical (unpaired) electrons. The number of hydrogen-bond acceptors (Lipinski definition) is 6. The smallest absolute Gasteiger partial charge is 0.415 e. The summed E-state index contributed by atoms with van der Waals surface area (Å²) in [7, 11) is 0. The van der Waals surface area contributed by atoms with E-state index in [4.69, 9.17) is 9.15 Å². The first-order chi connectivity index (χ1) is 13.1. The minimum atomic E-state index is -0.451. The summed E-state index contributed by atoms with van der Waals surface area (Å²) in [5.74, 6) is 0.189. The van der Waals surface area contributed by atoms with Crippen LogP contribution in [0.3, 0.4) is 0 Å². The molecule has 0 N–H and O–H groups in total. The second-order valence-electron chi connectivity index (χ2n) is 6.33. The summed E-state index contributed by atoms with van der Waals surface area (Å²) in [6.45, 7) is 3.49. The number of oxazole rings is 1. The summed E-state index contributed by atoms with van der Waals surface area (Å²) in [5.41, 5.74) is 2.29. The van der Waals surface area contributed by atoms with Crippen LogP contribution < -0.4 is 4.74 Å². The molecule has 2 amide bonds. The van der Waals surface area contributed by atoms with Crippen LogP contribution >= 0.6 is 0 Å². The van der Waals surface area contributed by atoms with Gasteiger partial charge in [0.1, 0.15) is 5.52 Å². The fourth-order valence-electron chi connectivity index (χ4n) is 2.92. The van der Waals surface area contributed by atoms with Crippen molar-refractivity contribution >= 4 is 23.1 Å². The number of amides is 2. The summed E-state index contributed by atoms with van der Waals surface area (Å²) >= 11 is 0. The predicted octanol–water partition coefficient (Wildman–Crippen LogP) is 2.49. The lowest BCUT2D eigenvalue weighted by Crippen LogP contribution is -2.51. The highest BCUT2D eigenvalue weighted by atomic mass is 16.6. The van der Waals surface area contributed by atoms with E-state index in [1.807, 2.05) is 25.1 Å². The Morgan fingerprint density at radius 1 is 1.11 bits per heavy atom. The van der Waals surface area contributed by atoms with Crippen molar-refractivity contribution in [1.29, 1.82) is 0 Å². The maximum Gasteiger partial charge on any atom is 0.415 e. The number of piperazine rings is 1. The Morgan fingerprint density at radius 2 is 1.89 bits per heavy atom. The minimum absolute atomic E-state index is 0.0713. The molecule has 1 aliphatic heterocycles. The molecule has 1 aliphatic rings. The van der Waals surface area contributed by atoms with Gasteiger partial charge in [0, 0.05) is 32.4 Å². The second kappa shape index (κ2) is 7.06. The average Bonchev–Trinajstić information content (AvgIpc) is 3.11. The van der Waals surface area contributed by atoms with Gasteiger partial charge in [-0.15, -0.1) is 0 Å². The topological polar surface area (TPSA) is 88.8 Å². The van der Waals surface area contributed by atoms with Crippen LogP contribution in [0.1, 0.15) is 16.2 Å². The monoisotopic (exact) mass is 366 g/mol. The zero-order chi connectivity index (χ0) is 18.8. The molecular formula is C19H18N4O4. The van der Waals surface area contributed by atoms with Gasteiger partial charge in [-0.25, -0.2) is 9.78 Å². The molecule has 3 heterocycles. The molecule has 4 rings (SSSR count). The number of aryl methyl sites for hydroxylation is 1. The lowest BCUT2D eigenvalue weighted by atomic mass is 10.2. The minimum Gasteiger partial charge on any atom is -0.432 e. The standard InChI is InChI=1S/C19H18N4O4/c1-13-4-5-15-16(11-13)27-17(21-15)18(24)22-7-9-23(10-8-22)19(25)26-14-3-2-6-20-12-14/h2-6,11-12H,7-10H2,1H3. The van der Waals surface area contributed by atoms with Crippen LogP contribution in [0.5, 0.6) is 5.75 Å². The van der Waals surface area contributed by atoms with Crippen LogP contribution in [-0.4, -0.2) is 57.9 Å². The van der Waals surface area contributed by atoms with Crippen LogP contribution in [0.2, 0.25) is 0 Å². The molecule has 3 aromatic rings. The van der Waals surface area contributed by atoms with Crippen molar-refractivity contribution in [2.45, 2.75) is 6.92 Å². The fraction of sp³-hybridized carbons (Fsp3) is 0.263. The van der Waals surface area contributed by atoms with Gasteiger partial charge in [0.05, 0.1) is 6.20 Å². The highest BCUT2D eigenvalue weighted by Crippen LogP contribution is 2.19. The van der Waals surface area contributed by atoms with Crippen molar-refractivity contribution < 1.29 is 18.7 Å². The molecule has 2 aromatic heterocycles. The molecule has 1 fully saturated rings. The third-order valence-corrected chi connectivity index (χ3v) is 4.39. The van der Waals surface area contributed by atoms with Gasteiger partial charge in [0.25, 0.3) is 5.89 Å². The lowest BCUT2D eigenvalue weighted by molar-refractivity contribution is 0.0599. The van der Waals surface area contributed by atoms with E-state index in [1.54, 1.807) is 28.1 Å².